The molecule has 0 bridgehead atoms. The highest BCUT2D eigenvalue weighted by Gasteiger charge is 2.12. The number of nitriles is 1. The fourth-order valence-corrected chi connectivity index (χ4v) is 2.86. The zero-order valence-electron chi connectivity index (χ0n) is 12.4. The van der Waals surface area contributed by atoms with Crippen LogP contribution < -0.4 is 0 Å². The van der Waals surface area contributed by atoms with Crippen molar-refractivity contribution < 1.29 is 0 Å². The van der Waals surface area contributed by atoms with Gasteiger partial charge in [-0.3, -0.25) is 4.98 Å². The first-order valence-corrected chi connectivity index (χ1v) is 7.59. The Balaban J connectivity index is 1.87. The Kier molecular flexibility index (Phi) is 3.45. The van der Waals surface area contributed by atoms with E-state index >= 15 is 0 Å². The summed E-state index contributed by atoms with van der Waals surface area (Å²) in [5.41, 5.74) is 4.31. The van der Waals surface area contributed by atoms with Crippen LogP contribution in [0.15, 0.2) is 54.7 Å². The minimum absolute atomic E-state index is 0.305. The van der Waals surface area contributed by atoms with Crippen LogP contribution >= 0.6 is 11.6 Å². The molecule has 0 aliphatic heterocycles. The third-order valence-corrected chi connectivity index (χ3v) is 3.97. The number of nitrogens with one attached hydrogen (secondary N) is 1. The number of pyridine rings is 1. The lowest BCUT2D eigenvalue weighted by Crippen LogP contribution is -1.87. The number of aromatic nitrogens is 4. The lowest BCUT2D eigenvalue weighted by atomic mass is 10.0. The number of rotatable bonds is 2. The van der Waals surface area contributed by atoms with Crippen molar-refractivity contribution in [3.63, 3.8) is 0 Å². The van der Waals surface area contributed by atoms with E-state index in [2.05, 4.69) is 26.5 Å². The molecule has 0 fully saturated rings. The minimum Gasteiger partial charge on any atom is -0.256 e. The highest BCUT2D eigenvalue weighted by Crippen LogP contribution is 2.31. The standard InChI is InChI=1S/C18H10ClN5/c19-15-7-12(6-13(8-15)18-17(9-20)22-24-23-18)14-5-11-3-1-2-4-16(11)21-10-14/h1-8,10H,(H,22,23,24). The predicted molar refractivity (Wildman–Crippen MR) is 92.3 cm³/mol. The Labute approximate surface area is 142 Å². The number of halogens is 1. The third kappa shape index (κ3) is 2.49. The molecular formula is C18H10ClN5. The van der Waals surface area contributed by atoms with Gasteiger partial charge in [0.1, 0.15) is 11.8 Å². The van der Waals surface area contributed by atoms with Gasteiger partial charge in [0.05, 0.1) is 5.52 Å². The summed E-state index contributed by atoms with van der Waals surface area (Å²) in [6.45, 7) is 0. The van der Waals surface area contributed by atoms with Crippen molar-refractivity contribution in [1.82, 2.24) is 20.4 Å². The van der Waals surface area contributed by atoms with Crippen molar-refractivity contribution >= 4 is 22.5 Å². The van der Waals surface area contributed by atoms with Crippen LogP contribution in [0.25, 0.3) is 33.3 Å². The van der Waals surface area contributed by atoms with Gasteiger partial charge in [-0.15, -0.1) is 5.10 Å². The number of para-hydroxylation sites is 1. The lowest BCUT2D eigenvalue weighted by molar-refractivity contribution is 0.937. The van der Waals surface area contributed by atoms with Gasteiger partial charge in [0, 0.05) is 27.7 Å². The topological polar surface area (TPSA) is 78.2 Å². The van der Waals surface area contributed by atoms with Crippen LogP contribution in [0, 0.1) is 11.3 Å². The summed E-state index contributed by atoms with van der Waals surface area (Å²) in [6, 6.07) is 17.6. The second-order valence-corrected chi connectivity index (χ2v) is 5.73. The molecule has 0 unspecified atom stereocenters. The van der Waals surface area contributed by atoms with Crippen LogP contribution in [0.5, 0.6) is 0 Å². The van der Waals surface area contributed by atoms with Gasteiger partial charge in [-0.05, 0) is 35.9 Å². The van der Waals surface area contributed by atoms with Crippen LogP contribution in [0.2, 0.25) is 5.02 Å². The Bertz CT molecular complexity index is 1090. The number of nitrogens with zero attached hydrogens (tertiary/aromatic N) is 4. The van der Waals surface area contributed by atoms with Gasteiger partial charge in [0.15, 0.2) is 5.69 Å². The van der Waals surface area contributed by atoms with E-state index < -0.39 is 0 Å². The van der Waals surface area contributed by atoms with Crippen molar-refractivity contribution in [1.29, 1.82) is 5.26 Å². The zero-order valence-corrected chi connectivity index (χ0v) is 13.1. The summed E-state index contributed by atoms with van der Waals surface area (Å²) in [7, 11) is 0. The van der Waals surface area contributed by atoms with Crippen molar-refractivity contribution in [3.8, 4) is 28.5 Å². The zero-order chi connectivity index (χ0) is 16.5. The number of benzene rings is 2. The first-order valence-electron chi connectivity index (χ1n) is 7.22. The van der Waals surface area contributed by atoms with Gasteiger partial charge in [0.25, 0.3) is 0 Å². The molecule has 5 nitrogen and oxygen atoms in total. The average Bonchev–Trinajstić information content (AvgIpc) is 3.09. The van der Waals surface area contributed by atoms with E-state index in [9.17, 15) is 0 Å². The summed E-state index contributed by atoms with van der Waals surface area (Å²) in [5.74, 6) is 0. The fraction of sp³-hybridized carbons (Fsp3) is 0. The smallest absolute Gasteiger partial charge is 0.163 e. The molecule has 0 aliphatic rings. The molecule has 2 aromatic carbocycles. The van der Waals surface area contributed by atoms with Crippen molar-refractivity contribution in [2.24, 2.45) is 0 Å². The Morgan fingerprint density at radius 1 is 1.00 bits per heavy atom. The first kappa shape index (κ1) is 14.4. The highest BCUT2D eigenvalue weighted by atomic mass is 35.5. The molecule has 0 aliphatic carbocycles. The summed E-state index contributed by atoms with van der Waals surface area (Å²) < 4.78 is 0. The molecule has 6 heteroatoms. The monoisotopic (exact) mass is 331 g/mol. The van der Waals surface area contributed by atoms with Crippen LogP contribution in [0.1, 0.15) is 5.69 Å². The fourth-order valence-electron chi connectivity index (χ4n) is 2.63. The molecule has 0 spiro atoms. The average molecular weight is 332 g/mol. The molecule has 0 radical (unpaired) electrons. The van der Waals surface area contributed by atoms with Crippen LogP contribution in [-0.2, 0) is 0 Å². The largest absolute Gasteiger partial charge is 0.256 e. The highest BCUT2D eigenvalue weighted by molar-refractivity contribution is 6.31. The second-order valence-electron chi connectivity index (χ2n) is 5.29. The minimum atomic E-state index is 0.305. The maximum Gasteiger partial charge on any atom is 0.163 e. The lowest BCUT2D eigenvalue weighted by Gasteiger charge is -2.07. The molecule has 2 heterocycles. The molecule has 0 saturated heterocycles. The van der Waals surface area contributed by atoms with E-state index in [0.29, 0.717) is 16.4 Å². The number of hydrogen-bond donors (Lipinski definition) is 1. The number of aromatic amines is 1. The second kappa shape index (κ2) is 5.76. The molecule has 2 aromatic heterocycles. The Hall–Kier alpha value is -3.23. The van der Waals surface area contributed by atoms with E-state index in [-0.39, 0.29) is 0 Å². The third-order valence-electron chi connectivity index (χ3n) is 3.76. The van der Waals surface area contributed by atoms with Gasteiger partial charge >= 0.3 is 0 Å². The molecular weight excluding hydrogens is 322 g/mol. The van der Waals surface area contributed by atoms with Crippen molar-refractivity contribution in [2.45, 2.75) is 0 Å². The Morgan fingerprint density at radius 2 is 1.83 bits per heavy atom. The van der Waals surface area contributed by atoms with Gasteiger partial charge in [-0.2, -0.15) is 5.26 Å². The molecule has 0 saturated carbocycles. The number of fused-ring (bicyclic) bond motifs is 1. The van der Waals surface area contributed by atoms with E-state index in [0.717, 1.165) is 27.6 Å². The van der Waals surface area contributed by atoms with Crippen molar-refractivity contribution in [2.75, 3.05) is 0 Å². The van der Waals surface area contributed by atoms with Crippen LogP contribution in [-0.4, -0.2) is 20.4 Å². The summed E-state index contributed by atoms with van der Waals surface area (Å²) in [4.78, 5) is 4.48. The van der Waals surface area contributed by atoms with Crippen LogP contribution in [0.3, 0.4) is 0 Å². The van der Waals surface area contributed by atoms with Crippen LogP contribution in [0.4, 0.5) is 0 Å². The molecule has 4 aromatic rings. The van der Waals surface area contributed by atoms with E-state index in [1.165, 1.54) is 0 Å². The number of H-pyrrole nitrogens is 1. The quantitative estimate of drug-likeness (QED) is 0.596. The maximum atomic E-state index is 9.14. The molecule has 24 heavy (non-hydrogen) atoms. The van der Waals surface area contributed by atoms with Gasteiger partial charge < -0.3 is 0 Å². The number of hydrogen-bond acceptors (Lipinski definition) is 4. The predicted octanol–water partition coefficient (Wildman–Crippen LogP) is 4.21. The first-order chi connectivity index (χ1) is 11.7. The van der Waals surface area contributed by atoms with E-state index in [1.807, 2.05) is 48.7 Å². The van der Waals surface area contributed by atoms with Gasteiger partial charge in [-0.25, -0.2) is 5.10 Å². The van der Waals surface area contributed by atoms with E-state index in [1.54, 1.807) is 6.07 Å². The summed E-state index contributed by atoms with van der Waals surface area (Å²) in [5, 5.41) is 21.0. The van der Waals surface area contributed by atoms with Gasteiger partial charge in [-0.1, -0.05) is 35.0 Å². The molecule has 0 atom stereocenters. The normalized spacial score (nSPS) is 10.7. The summed E-state index contributed by atoms with van der Waals surface area (Å²) >= 11 is 6.27. The molecule has 114 valence electrons. The van der Waals surface area contributed by atoms with E-state index in [4.69, 9.17) is 16.9 Å². The maximum absolute atomic E-state index is 9.14. The Morgan fingerprint density at radius 3 is 2.71 bits per heavy atom. The SMILES string of the molecule is N#Cc1[nH]nnc1-c1cc(Cl)cc(-c2cnc3ccccc3c2)c1. The van der Waals surface area contributed by atoms with Gasteiger partial charge in [0.2, 0.25) is 0 Å². The molecule has 1 N–H and O–H groups in total. The summed E-state index contributed by atoms with van der Waals surface area (Å²) in [6.07, 6.45) is 1.81. The molecule has 4 rings (SSSR count). The molecule has 0 amide bonds. The van der Waals surface area contributed by atoms with Crippen molar-refractivity contribution in [3.05, 3.63) is 65.4 Å².